The van der Waals surface area contributed by atoms with Crippen LogP contribution >= 0.6 is 0 Å². The number of carboxylic acids is 2. The van der Waals surface area contributed by atoms with Gasteiger partial charge in [0.2, 0.25) is 0 Å². The van der Waals surface area contributed by atoms with Crippen LogP contribution in [0.25, 0.3) is 0 Å². The van der Waals surface area contributed by atoms with Crippen LogP contribution in [0, 0.1) is 0 Å². The maximum absolute atomic E-state index is 9.41. The van der Waals surface area contributed by atoms with Gasteiger partial charge in [-0.1, -0.05) is 20.4 Å². The second kappa shape index (κ2) is 14.9. The van der Waals surface area contributed by atoms with E-state index in [1.807, 2.05) is 0 Å². The lowest BCUT2D eigenvalue weighted by molar-refractivity contribution is -0.137. The second-order valence-corrected chi connectivity index (χ2v) is 2.46. The summed E-state index contributed by atoms with van der Waals surface area (Å²) in [5, 5.41) is 15.4. The number of aldehydes is 1. The monoisotopic (exact) mass is 218 g/mol. The lowest BCUT2D eigenvalue weighted by atomic mass is 10.4. The van der Waals surface area contributed by atoms with Crippen LogP contribution in [0.5, 0.6) is 0 Å². The highest BCUT2D eigenvalue weighted by Crippen LogP contribution is 1.71. The summed E-state index contributed by atoms with van der Waals surface area (Å²) < 4.78 is 0. The quantitative estimate of drug-likeness (QED) is 0.556. The molecule has 0 atom stereocenters. The third kappa shape index (κ3) is 69.9. The molecule has 0 rings (SSSR count). The highest BCUT2D eigenvalue weighted by Gasteiger charge is 1.81. The minimum absolute atomic E-state index is 0.222. The molecule has 0 saturated heterocycles. The Labute approximate surface area is 89.4 Å². The van der Waals surface area contributed by atoms with E-state index in [0.29, 0.717) is 5.57 Å². The first-order valence-corrected chi connectivity index (χ1v) is 4.35. The van der Waals surface area contributed by atoms with Gasteiger partial charge in [0, 0.05) is 12.8 Å². The summed E-state index contributed by atoms with van der Waals surface area (Å²) in [4.78, 5) is 28.1. The second-order valence-electron chi connectivity index (χ2n) is 2.46. The molecule has 0 saturated carbocycles. The molecule has 0 spiro atoms. The predicted molar refractivity (Wildman–Crippen MR) is 56.7 cm³/mol. The molecule has 15 heavy (non-hydrogen) atoms. The molecule has 5 nitrogen and oxygen atoms in total. The van der Waals surface area contributed by atoms with Crippen LogP contribution in [0.4, 0.5) is 0 Å². The molecule has 88 valence electrons. The minimum Gasteiger partial charge on any atom is -0.481 e. The zero-order chi connectivity index (χ0) is 12.9. The molecule has 5 heteroatoms. The molecule has 0 aliphatic rings. The van der Waals surface area contributed by atoms with Crippen molar-refractivity contribution in [2.45, 2.75) is 33.6 Å². The van der Waals surface area contributed by atoms with Crippen molar-refractivity contribution < 1.29 is 24.6 Å². The van der Waals surface area contributed by atoms with Crippen LogP contribution in [0.1, 0.15) is 33.6 Å². The molecule has 0 bridgehead atoms. The maximum Gasteiger partial charge on any atom is 0.303 e. The van der Waals surface area contributed by atoms with Gasteiger partial charge in [-0.05, 0) is 12.5 Å². The van der Waals surface area contributed by atoms with Crippen molar-refractivity contribution in [3.63, 3.8) is 0 Å². The Morgan fingerprint density at radius 3 is 1.27 bits per heavy atom. The molecule has 0 heterocycles. The molecular formula is C10H18O5. The molecule has 0 fully saturated rings. The van der Waals surface area contributed by atoms with E-state index in [1.165, 1.54) is 0 Å². The van der Waals surface area contributed by atoms with Gasteiger partial charge in [-0.3, -0.25) is 14.4 Å². The van der Waals surface area contributed by atoms with Gasteiger partial charge in [-0.15, -0.1) is 0 Å². The van der Waals surface area contributed by atoms with Crippen LogP contribution in [0.2, 0.25) is 0 Å². The van der Waals surface area contributed by atoms with Gasteiger partial charge in [-0.2, -0.15) is 0 Å². The largest absolute Gasteiger partial charge is 0.481 e. The SMILES string of the molecule is C=C(C)C=O.CCC(=O)O.CCC(=O)O. The van der Waals surface area contributed by atoms with Gasteiger partial charge >= 0.3 is 11.9 Å². The van der Waals surface area contributed by atoms with E-state index in [4.69, 9.17) is 10.2 Å². The first kappa shape index (κ1) is 19.0. The predicted octanol–water partition coefficient (Wildman–Crippen LogP) is 1.72. The minimum atomic E-state index is -0.745. The van der Waals surface area contributed by atoms with Crippen LogP contribution in [0.3, 0.4) is 0 Å². The van der Waals surface area contributed by atoms with E-state index in [-0.39, 0.29) is 12.8 Å². The van der Waals surface area contributed by atoms with Gasteiger partial charge < -0.3 is 10.2 Å². The molecule has 0 aliphatic heterocycles. The molecule has 0 aromatic rings. The number of hydrogen-bond donors (Lipinski definition) is 2. The van der Waals surface area contributed by atoms with Gasteiger partial charge in [0.1, 0.15) is 6.29 Å². The standard InChI is InChI=1S/C4H6O.2C3H6O2/c1-4(2)3-5;2*1-2-3(4)5/h3H,1H2,2H3;2*2H2,1H3,(H,4,5). The van der Waals surface area contributed by atoms with Crippen LogP contribution in [-0.2, 0) is 14.4 Å². The van der Waals surface area contributed by atoms with E-state index in [1.54, 1.807) is 20.8 Å². The summed E-state index contributed by atoms with van der Waals surface area (Å²) in [7, 11) is 0. The molecular weight excluding hydrogens is 200 g/mol. The summed E-state index contributed by atoms with van der Waals surface area (Å²) in [5.41, 5.74) is 0.574. The Bertz CT molecular complexity index is 194. The first-order valence-electron chi connectivity index (χ1n) is 4.35. The number of carbonyl (C=O) groups excluding carboxylic acids is 1. The van der Waals surface area contributed by atoms with Crippen molar-refractivity contribution in [1.29, 1.82) is 0 Å². The maximum atomic E-state index is 9.41. The van der Waals surface area contributed by atoms with Gasteiger partial charge in [0.05, 0.1) is 0 Å². The Balaban J connectivity index is -0.000000144. The molecule has 0 aromatic heterocycles. The van der Waals surface area contributed by atoms with Crippen molar-refractivity contribution in [2.24, 2.45) is 0 Å². The fourth-order valence-corrected chi connectivity index (χ4v) is 0. The lowest BCUT2D eigenvalue weighted by Gasteiger charge is -1.71. The third-order valence-electron chi connectivity index (χ3n) is 0.806. The normalized spacial score (nSPS) is 7.13. The Kier molecular flexibility index (Phi) is 18.8. The summed E-state index contributed by atoms with van der Waals surface area (Å²) in [5.74, 6) is -1.49. The molecule has 0 aliphatic carbocycles. The van der Waals surface area contributed by atoms with Crippen molar-refractivity contribution in [3.8, 4) is 0 Å². The molecule has 0 radical (unpaired) electrons. The summed E-state index contributed by atoms with van der Waals surface area (Å²) >= 11 is 0. The number of hydrogen-bond acceptors (Lipinski definition) is 3. The fourth-order valence-electron chi connectivity index (χ4n) is 0. The van der Waals surface area contributed by atoms with Crippen LogP contribution in [0.15, 0.2) is 12.2 Å². The van der Waals surface area contributed by atoms with Gasteiger partial charge in [-0.25, -0.2) is 0 Å². The van der Waals surface area contributed by atoms with Crippen molar-refractivity contribution in [3.05, 3.63) is 12.2 Å². The third-order valence-corrected chi connectivity index (χ3v) is 0.806. The Morgan fingerprint density at radius 2 is 1.27 bits per heavy atom. The average Bonchev–Trinajstić information content (AvgIpc) is 2.19. The van der Waals surface area contributed by atoms with Gasteiger partial charge in [0.25, 0.3) is 0 Å². The molecule has 0 unspecified atom stereocenters. The topological polar surface area (TPSA) is 91.7 Å². The smallest absolute Gasteiger partial charge is 0.303 e. The van der Waals surface area contributed by atoms with E-state index >= 15 is 0 Å². The highest BCUT2D eigenvalue weighted by atomic mass is 16.4. The Hall–Kier alpha value is -1.65. The van der Waals surface area contributed by atoms with E-state index in [9.17, 15) is 14.4 Å². The van der Waals surface area contributed by atoms with Gasteiger partial charge in [0.15, 0.2) is 0 Å². The van der Waals surface area contributed by atoms with E-state index in [2.05, 4.69) is 6.58 Å². The average molecular weight is 218 g/mol. The number of rotatable bonds is 3. The molecule has 2 N–H and O–H groups in total. The first-order chi connectivity index (χ1) is 6.81. The van der Waals surface area contributed by atoms with Crippen molar-refractivity contribution in [2.75, 3.05) is 0 Å². The fraction of sp³-hybridized carbons (Fsp3) is 0.500. The summed E-state index contributed by atoms with van der Waals surface area (Å²) in [6.07, 6.45) is 1.17. The number of carboxylic acid groups (broad SMARTS) is 2. The van der Waals surface area contributed by atoms with Crippen molar-refractivity contribution in [1.82, 2.24) is 0 Å². The lowest BCUT2D eigenvalue weighted by Crippen LogP contribution is -1.86. The zero-order valence-corrected chi connectivity index (χ0v) is 9.32. The molecule has 0 aromatic carbocycles. The summed E-state index contributed by atoms with van der Waals surface area (Å²) in [6, 6.07) is 0. The highest BCUT2D eigenvalue weighted by molar-refractivity contribution is 5.70. The van der Waals surface area contributed by atoms with E-state index < -0.39 is 11.9 Å². The Morgan fingerprint density at radius 1 is 1.13 bits per heavy atom. The number of carbonyl (C=O) groups is 3. The number of allylic oxidation sites excluding steroid dienone is 1. The zero-order valence-electron chi connectivity index (χ0n) is 9.32. The van der Waals surface area contributed by atoms with Crippen LogP contribution < -0.4 is 0 Å². The van der Waals surface area contributed by atoms with Crippen molar-refractivity contribution >= 4 is 18.2 Å². The van der Waals surface area contributed by atoms with Crippen LogP contribution in [-0.4, -0.2) is 28.4 Å². The number of aliphatic carboxylic acids is 2. The molecule has 0 amide bonds. The van der Waals surface area contributed by atoms with E-state index in [0.717, 1.165) is 6.29 Å². The summed E-state index contributed by atoms with van der Waals surface area (Å²) in [6.45, 7) is 8.16.